The molecule has 1 saturated heterocycles. The predicted octanol–water partition coefficient (Wildman–Crippen LogP) is 2.74. The van der Waals surface area contributed by atoms with Gasteiger partial charge in [-0.25, -0.2) is 0 Å². The molecule has 0 saturated carbocycles. The van der Waals surface area contributed by atoms with Gasteiger partial charge in [0.25, 0.3) is 0 Å². The molecule has 4 aromatic rings. The molecular weight excluding hydrogens is 554 g/mol. The lowest BCUT2D eigenvalue weighted by molar-refractivity contribution is -0.133. The summed E-state index contributed by atoms with van der Waals surface area (Å²) in [5.41, 5.74) is 7.02. The SMILES string of the molecule is NC(=O)CCNC(=O)[C@@H](Cc1ccc2ccccc2c1)NC(=O)[C@@H](Cc1ccc2ccccc2c1)NC(=O)C1CCNCC1. The molecule has 6 N–H and O–H groups in total. The van der Waals surface area contributed by atoms with Crippen molar-refractivity contribution in [1.29, 1.82) is 0 Å². The van der Waals surface area contributed by atoms with Crippen LogP contribution in [0.5, 0.6) is 0 Å². The molecule has 0 unspecified atom stereocenters. The third kappa shape index (κ3) is 8.20. The summed E-state index contributed by atoms with van der Waals surface area (Å²) in [6, 6.07) is 26.0. The summed E-state index contributed by atoms with van der Waals surface area (Å²) < 4.78 is 0. The summed E-state index contributed by atoms with van der Waals surface area (Å²) in [6.45, 7) is 1.56. The summed E-state index contributed by atoms with van der Waals surface area (Å²) in [7, 11) is 0. The minimum atomic E-state index is -0.938. The van der Waals surface area contributed by atoms with Gasteiger partial charge in [-0.1, -0.05) is 84.9 Å². The maximum Gasteiger partial charge on any atom is 0.243 e. The van der Waals surface area contributed by atoms with Gasteiger partial charge in [0.2, 0.25) is 23.6 Å². The molecule has 0 spiro atoms. The molecular formula is C35H39N5O4. The maximum absolute atomic E-state index is 13.9. The summed E-state index contributed by atoms with van der Waals surface area (Å²) in [5.74, 6) is -1.76. The van der Waals surface area contributed by atoms with E-state index in [9.17, 15) is 19.2 Å². The number of rotatable bonds is 12. The zero-order chi connectivity index (χ0) is 30.9. The second kappa shape index (κ2) is 14.6. The molecule has 44 heavy (non-hydrogen) atoms. The van der Waals surface area contributed by atoms with E-state index in [-0.39, 0.29) is 37.6 Å². The van der Waals surface area contributed by atoms with Crippen molar-refractivity contribution >= 4 is 45.2 Å². The van der Waals surface area contributed by atoms with E-state index in [1.807, 2.05) is 84.9 Å². The largest absolute Gasteiger partial charge is 0.370 e. The molecule has 0 bridgehead atoms. The summed E-state index contributed by atoms with van der Waals surface area (Å²) >= 11 is 0. The van der Waals surface area contributed by atoms with E-state index in [0.717, 1.165) is 45.8 Å². The molecule has 9 heteroatoms. The van der Waals surface area contributed by atoms with Crippen molar-refractivity contribution in [3.05, 3.63) is 96.1 Å². The Kier molecular flexibility index (Phi) is 10.2. The minimum absolute atomic E-state index is 0.0146. The number of carbonyl (C=O) groups excluding carboxylic acids is 4. The second-order valence-corrected chi connectivity index (χ2v) is 11.4. The third-order valence-electron chi connectivity index (χ3n) is 8.15. The molecule has 1 heterocycles. The van der Waals surface area contributed by atoms with Crippen molar-refractivity contribution < 1.29 is 19.2 Å². The van der Waals surface area contributed by atoms with E-state index < -0.39 is 29.8 Å². The lowest BCUT2D eigenvalue weighted by Gasteiger charge is -2.27. The van der Waals surface area contributed by atoms with Crippen LogP contribution in [0.25, 0.3) is 21.5 Å². The number of benzene rings is 4. The van der Waals surface area contributed by atoms with Crippen LogP contribution in [-0.2, 0) is 32.0 Å². The number of fused-ring (bicyclic) bond motifs is 2. The Balaban J connectivity index is 1.38. The van der Waals surface area contributed by atoms with Gasteiger partial charge in [0.1, 0.15) is 12.1 Å². The van der Waals surface area contributed by atoms with Crippen molar-refractivity contribution in [3.63, 3.8) is 0 Å². The topological polar surface area (TPSA) is 142 Å². The van der Waals surface area contributed by atoms with Crippen molar-refractivity contribution in [3.8, 4) is 0 Å². The number of primary amides is 1. The number of hydrogen-bond acceptors (Lipinski definition) is 5. The van der Waals surface area contributed by atoms with Gasteiger partial charge in [0.05, 0.1) is 0 Å². The zero-order valence-electron chi connectivity index (χ0n) is 24.7. The molecule has 4 aromatic carbocycles. The molecule has 0 aliphatic carbocycles. The molecule has 0 aromatic heterocycles. The zero-order valence-corrected chi connectivity index (χ0v) is 24.7. The van der Waals surface area contributed by atoms with Crippen LogP contribution < -0.4 is 27.0 Å². The molecule has 4 amide bonds. The van der Waals surface area contributed by atoms with Crippen molar-refractivity contribution in [2.45, 2.75) is 44.2 Å². The molecule has 0 radical (unpaired) electrons. The smallest absolute Gasteiger partial charge is 0.243 e. The van der Waals surface area contributed by atoms with Crippen LogP contribution in [-0.4, -0.2) is 55.3 Å². The Morgan fingerprint density at radius 1 is 0.705 bits per heavy atom. The lowest BCUT2D eigenvalue weighted by Crippen LogP contribution is -2.56. The summed E-state index contributed by atoms with van der Waals surface area (Å²) in [6.07, 6.45) is 1.87. The highest BCUT2D eigenvalue weighted by molar-refractivity contribution is 5.93. The third-order valence-corrected chi connectivity index (χ3v) is 8.15. The van der Waals surface area contributed by atoms with E-state index in [0.29, 0.717) is 12.8 Å². The van der Waals surface area contributed by atoms with Gasteiger partial charge in [-0.3, -0.25) is 19.2 Å². The number of hydrogen-bond donors (Lipinski definition) is 5. The average Bonchev–Trinajstić information content (AvgIpc) is 3.04. The fourth-order valence-corrected chi connectivity index (χ4v) is 5.70. The molecule has 1 aliphatic rings. The fraction of sp³-hybridized carbons (Fsp3) is 0.314. The van der Waals surface area contributed by atoms with Gasteiger partial charge in [-0.05, 0) is 58.6 Å². The van der Waals surface area contributed by atoms with Gasteiger partial charge < -0.3 is 27.0 Å². The normalized spacial score (nSPS) is 14.9. The van der Waals surface area contributed by atoms with Crippen molar-refractivity contribution in [2.75, 3.05) is 19.6 Å². The number of nitrogens with one attached hydrogen (secondary N) is 4. The van der Waals surface area contributed by atoms with E-state index in [4.69, 9.17) is 5.73 Å². The lowest BCUT2D eigenvalue weighted by atomic mass is 9.95. The van der Waals surface area contributed by atoms with Crippen LogP contribution in [0.15, 0.2) is 84.9 Å². The number of carbonyl (C=O) groups is 4. The molecule has 5 rings (SSSR count). The molecule has 2 atom stereocenters. The highest BCUT2D eigenvalue weighted by Crippen LogP contribution is 2.19. The Labute approximate surface area is 257 Å². The highest BCUT2D eigenvalue weighted by Gasteiger charge is 2.30. The van der Waals surface area contributed by atoms with Gasteiger partial charge in [0.15, 0.2) is 0 Å². The number of nitrogens with two attached hydrogens (primary N) is 1. The first kappa shape index (κ1) is 30.7. The average molecular weight is 594 g/mol. The van der Waals surface area contributed by atoms with Crippen molar-refractivity contribution in [2.24, 2.45) is 11.7 Å². The first-order valence-electron chi connectivity index (χ1n) is 15.2. The van der Waals surface area contributed by atoms with Gasteiger partial charge in [-0.15, -0.1) is 0 Å². The van der Waals surface area contributed by atoms with Gasteiger partial charge in [-0.2, -0.15) is 0 Å². The first-order chi connectivity index (χ1) is 21.4. The molecule has 9 nitrogen and oxygen atoms in total. The monoisotopic (exact) mass is 593 g/mol. The van der Waals surface area contributed by atoms with Crippen LogP contribution in [0.4, 0.5) is 0 Å². The van der Waals surface area contributed by atoms with Gasteiger partial charge in [0, 0.05) is 31.7 Å². The molecule has 1 aliphatic heterocycles. The van der Waals surface area contributed by atoms with Crippen molar-refractivity contribution in [1.82, 2.24) is 21.3 Å². The number of amides is 4. The van der Waals surface area contributed by atoms with Crippen LogP contribution in [0.2, 0.25) is 0 Å². The van der Waals surface area contributed by atoms with E-state index in [2.05, 4.69) is 21.3 Å². The van der Waals surface area contributed by atoms with Crippen LogP contribution >= 0.6 is 0 Å². The Morgan fingerprint density at radius 2 is 1.23 bits per heavy atom. The van der Waals surface area contributed by atoms with E-state index in [1.54, 1.807) is 0 Å². The van der Waals surface area contributed by atoms with Crippen LogP contribution in [0.1, 0.15) is 30.4 Å². The van der Waals surface area contributed by atoms with E-state index in [1.165, 1.54) is 0 Å². The van der Waals surface area contributed by atoms with Gasteiger partial charge >= 0.3 is 0 Å². The minimum Gasteiger partial charge on any atom is -0.370 e. The molecule has 1 fully saturated rings. The standard InChI is InChI=1S/C35H39N5O4/c36-32(41)15-18-38-34(43)30(21-23-9-11-25-5-1-3-7-28(25)19-23)40-35(44)31(39-33(42)27-13-16-37-17-14-27)22-24-10-12-26-6-2-4-8-29(26)20-24/h1-12,19-20,27,30-31,37H,13-18,21-22H2,(H2,36,41)(H,38,43)(H,39,42)(H,40,44)/t30-,31-/m1/s1. The highest BCUT2D eigenvalue weighted by atomic mass is 16.2. The Morgan fingerprint density at radius 3 is 1.77 bits per heavy atom. The predicted molar refractivity (Wildman–Crippen MR) is 172 cm³/mol. The summed E-state index contributed by atoms with van der Waals surface area (Å²) in [4.78, 5) is 51.9. The van der Waals surface area contributed by atoms with Crippen LogP contribution in [0, 0.1) is 5.92 Å². The first-order valence-corrected chi connectivity index (χ1v) is 15.2. The number of piperidine rings is 1. The second-order valence-electron chi connectivity index (χ2n) is 11.4. The quantitative estimate of drug-likeness (QED) is 0.172. The molecule has 228 valence electrons. The maximum atomic E-state index is 13.9. The fourth-order valence-electron chi connectivity index (χ4n) is 5.70. The van der Waals surface area contributed by atoms with E-state index >= 15 is 0 Å². The Bertz CT molecular complexity index is 1650. The Hall–Kier alpha value is -4.76. The van der Waals surface area contributed by atoms with Crippen LogP contribution in [0.3, 0.4) is 0 Å². The summed E-state index contributed by atoms with van der Waals surface area (Å²) in [5, 5.41) is 16.1.